The highest BCUT2D eigenvalue weighted by atomic mass is 16.3. The van der Waals surface area contributed by atoms with Crippen molar-refractivity contribution in [3.05, 3.63) is 132 Å². The van der Waals surface area contributed by atoms with Crippen molar-refractivity contribution in [1.82, 2.24) is 14.8 Å². The molecule has 4 aromatic carbocycles. The molecule has 0 aliphatic carbocycles. The van der Waals surface area contributed by atoms with Crippen molar-refractivity contribution in [2.45, 2.75) is 0 Å². The van der Waals surface area contributed by atoms with Gasteiger partial charge in [0.05, 0.1) is 11.8 Å². The first-order valence-electron chi connectivity index (χ1n) is 13.4. The molecule has 0 unspecified atom stereocenters. The average molecular weight is 579 g/mol. The minimum absolute atomic E-state index is 0.0339. The molecule has 0 saturated carbocycles. The van der Waals surface area contributed by atoms with E-state index in [-0.39, 0.29) is 28.5 Å². The number of fused-ring (bicyclic) bond motifs is 1. The van der Waals surface area contributed by atoms with Crippen molar-refractivity contribution < 1.29 is 14.7 Å². The number of rotatable bonds is 7. The lowest BCUT2D eigenvalue weighted by Crippen LogP contribution is -2.13. The summed E-state index contributed by atoms with van der Waals surface area (Å²) in [4.78, 5) is 30.7. The van der Waals surface area contributed by atoms with E-state index in [9.17, 15) is 20.0 Å². The van der Waals surface area contributed by atoms with Crippen LogP contribution < -0.4 is 10.6 Å². The predicted molar refractivity (Wildman–Crippen MR) is 165 cm³/mol. The molecular formula is C33H22N8O3. The summed E-state index contributed by atoms with van der Waals surface area (Å²) < 4.78 is 1.35. The predicted octanol–water partition coefficient (Wildman–Crippen LogP) is 6.92. The number of carbonyl (C=O) groups excluding carboxylic acids is 2. The lowest BCUT2D eigenvalue weighted by Gasteiger charge is -2.12. The molecule has 3 N–H and O–H groups in total. The number of para-hydroxylation sites is 2. The van der Waals surface area contributed by atoms with Crippen LogP contribution in [0.3, 0.4) is 0 Å². The van der Waals surface area contributed by atoms with Crippen molar-refractivity contribution in [3.8, 4) is 17.6 Å². The van der Waals surface area contributed by atoms with Gasteiger partial charge in [0.25, 0.3) is 11.8 Å². The molecule has 11 heteroatoms. The fourth-order valence-corrected chi connectivity index (χ4v) is 4.50. The molecule has 11 nitrogen and oxygen atoms in total. The Labute approximate surface area is 250 Å². The lowest BCUT2D eigenvalue weighted by atomic mass is 10.0. The van der Waals surface area contributed by atoms with E-state index in [0.717, 1.165) is 0 Å². The van der Waals surface area contributed by atoms with Gasteiger partial charge in [0.2, 0.25) is 0 Å². The number of nitrogens with zero attached hydrogens (tertiary/aromatic N) is 6. The van der Waals surface area contributed by atoms with Gasteiger partial charge in [-0.15, -0.1) is 10.2 Å². The normalized spacial score (nSPS) is 10.9. The maximum Gasteiger partial charge on any atom is 0.259 e. The molecule has 0 saturated heterocycles. The first kappa shape index (κ1) is 27.5. The largest absolute Gasteiger partial charge is 0.505 e. The maximum absolute atomic E-state index is 13.4. The number of nitriles is 1. The molecule has 44 heavy (non-hydrogen) atoms. The van der Waals surface area contributed by atoms with E-state index in [1.54, 1.807) is 79.0 Å². The topological polar surface area (TPSA) is 158 Å². The number of phenolic OH excluding ortho intramolecular Hbond substituents is 1. The van der Waals surface area contributed by atoms with E-state index in [2.05, 4.69) is 30.9 Å². The third kappa shape index (κ3) is 5.59. The van der Waals surface area contributed by atoms with Crippen molar-refractivity contribution in [2.24, 2.45) is 10.2 Å². The Morgan fingerprint density at radius 2 is 1.50 bits per heavy atom. The standard InChI is InChI=1S/C33H22N8O3/c34-19-23-20-36-41(28-13-7-8-16-35-28)31(23)40-39-29-26-15-14-21(32(43)37-24-9-3-1-4-10-24)17-22(26)18-27(30(29)42)33(44)38-25-11-5-2-6-12-25/h1-18,20,42H,(H,37,43)(H,38,44)/b40-39+. The smallest absolute Gasteiger partial charge is 0.259 e. The summed E-state index contributed by atoms with van der Waals surface area (Å²) in [6.45, 7) is 0. The van der Waals surface area contributed by atoms with Crippen LogP contribution in [-0.4, -0.2) is 31.7 Å². The fourth-order valence-electron chi connectivity index (χ4n) is 4.50. The number of carbonyl (C=O) groups is 2. The highest BCUT2D eigenvalue weighted by Gasteiger charge is 2.21. The Balaban J connectivity index is 1.46. The molecule has 212 valence electrons. The van der Waals surface area contributed by atoms with Crippen LogP contribution in [-0.2, 0) is 0 Å². The van der Waals surface area contributed by atoms with Crippen LogP contribution in [0.15, 0.2) is 126 Å². The number of aromatic hydroxyl groups is 1. The van der Waals surface area contributed by atoms with Gasteiger partial charge < -0.3 is 15.7 Å². The van der Waals surface area contributed by atoms with E-state index in [4.69, 9.17) is 0 Å². The van der Waals surface area contributed by atoms with Crippen LogP contribution in [0, 0.1) is 11.3 Å². The molecule has 0 spiro atoms. The second-order valence-corrected chi connectivity index (χ2v) is 9.49. The van der Waals surface area contributed by atoms with Crippen molar-refractivity contribution >= 4 is 45.5 Å². The maximum atomic E-state index is 13.4. The van der Waals surface area contributed by atoms with Gasteiger partial charge in [-0.05, 0) is 60.0 Å². The Morgan fingerprint density at radius 1 is 0.818 bits per heavy atom. The summed E-state index contributed by atoms with van der Waals surface area (Å²) in [6, 6.07) is 31.3. The quantitative estimate of drug-likeness (QED) is 0.175. The molecule has 0 atom stereocenters. The molecule has 6 aromatic rings. The van der Waals surface area contributed by atoms with Gasteiger partial charge in [0, 0.05) is 28.5 Å². The number of azo groups is 1. The highest BCUT2D eigenvalue weighted by molar-refractivity contribution is 6.13. The van der Waals surface area contributed by atoms with E-state index in [1.165, 1.54) is 16.9 Å². The molecular weight excluding hydrogens is 556 g/mol. The molecule has 6 rings (SSSR count). The molecule has 0 fully saturated rings. The van der Waals surface area contributed by atoms with Gasteiger partial charge in [-0.2, -0.15) is 15.0 Å². The van der Waals surface area contributed by atoms with Gasteiger partial charge >= 0.3 is 0 Å². The minimum atomic E-state index is -0.595. The number of hydrogen-bond donors (Lipinski definition) is 3. The summed E-state index contributed by atoms with van der Waals surface area (Å²) >= 11 is 0. The number of pyridine rings is 1. The fraction of sp³-hybridized carbons (Fsp3) is 0. The minimum Gasteiger partial charge on any atom is -0.505 e. The third-order valence-electron chi connectivity index (χ3n) is 6.63. The van der Waals surface area contributed by atoms with Gasteiger partial charge in [-0.1, -0.05) is 48.5 Å². The number of aromatic nitrogens is 3. The third-order valence-corrected chi connectivity index (χ3v) is 6.63. The summed E-state index contributed by atoms with van der Waals surface area (Å²) in [5.41, 5.74) is 1.47. The summed E-state index contributed by atoms with van der Waals surface area (Å²) in [6.07, 6.45) is 2.91. The summed E-state index contributed by atoms with van der Waals surface area (Å²) in [5, 5.41) is 40.3. The number of nitrogens with one attached hydrogen (secondary N) is 2. The van der Waals surface area contributed by atoms with Gasteiger partial charge in [-0.3, -0.25) is 9.59 Å². The highest BCUT2D eigenvalue weighted by Crippen LogP contribution is 2.40. The van der Waals surface area contributed by atoms with Crippen LogP contribution in [0.4, 0.5) is 22.9 Å². The van der Waals surface area contributed by atoms with Crippen molar-refractivity contribution in [1.29, 1.82) is 5.26 Å². The van der Waals surface area contributed by atoms with E-state index in [1.807, 2.05) is 30.3 Å². The first-order valence-corrected chi connectivity index (χ1v) is 13.4. The zero-order valence-electron chi connectivity index (χ0n) is 22.9. The van der Waals surface area contributed by atoms with Crippen LogP contribution in [0.25, 0.3) is 16.6 Å². The second kappa shape index (κ2) is 12.1. The molecule has 0 radical (unpaired) electrons. The molecule has 0 aliphatic rings. The van der Waals surface area contributed by atoms with Crippen LogP contribution >= 0.6 is 0 Å². The van der Waals surface area contributed by atoms with Crippen molar-refractivity contribution in [3.63, 3.8) is 0 Å². The molecule has 2 aromatic heterocycles. The number of phenols is 1. The Bertz CT molecular complexity index is 2070. The number of anilines is 2. The van der Waals surface area contributed by atoms with Gasteiger partial charge in [-0.25, -0.2) is 4.98 Å². The monoisotopic (exact) mass is 578 g/mol. The summed E-state index contributed by atoms with van der Waals surface area (Å²) in [5.74, 6) is -0.901. The zero-order chi connectivity index (χ0) is 30.5. The van der Waals surface area contributed by atoms with Crippen LogP contribution in [0.5, 0.6) is 5.75 Å². The molecule has 0 aliphatic heterocycles. The average Bonchev–Trinajstić information content (AvgIpc) is 3.48. The first-order chi connectivity index (χ1) is 21.5. The van der Waals surface area contributed by atoms with Crippen LogP contribution in [0.2, 0.25) is 0 Å². The summed E-state index contributed by atoms with van der Waals surface area (Å²) in [7, 11) is 0. The Kier molecular flexibility index (Phi) is 7.53. The van der Waals surface area contributed by atoms with Crippen molar-refractivity contribution in [2.75, 3.05) is 10.6 Å². The van der Waals surface area contributed by atoms with E-state index < -0.39 is 11.7 Å². The van der Waals surface area contributed by atoms with Gasteiger partial charge in [0.1, 0.15) is 17.3 Å². The lowest BCUT2D eigenvalue weighted by molar-refractivity contribution is 0.101. The zero-order valence-corrected chi connectivity index (χ0v) is 22.9. The molecule has 0 bridgehead atoms. The molecule has 2 heterocycles. The second-order valence-electron chi connectivity index (χ2n) is 9.49. The number of benzene rings is 4. The Morgan fingerprint density at radius 3 is 2.16 bits per heavy atom. The number of amides is 2. The van der Waals surface area contributed by atoms with E-state index in [0.29, 0.717) is 33.5 Å². The number of hydrogen-bond acceptors (Lipinski definition) is 8. The molecule has 2 amide bonds. The van der Waals surface area contributed by atoms with Crippen LogP contribution in [0.1, 0.15) is 26.3 Å². The van der Waals surface area contributed by atoms with E-state index >= 15 is 0 Å². The van der Waals surface area contributed by atoms with Gasteiger partial charge in [0.15, 0.2) is 17.4 Å². The SMILES string of the molecule is N#Cc1cnn(-c2ccccn2)c1/N=N/c1c(O)c(C(=O)Nc2ccccc2)cc2cc(C(=O)Nc3ccccc3)ccc12. The Hall–Kier alpha value is -6.67.